The molecule has 12 nitrogen and oxygen atoms in total. The molecule has 7 fully saturated rings. The van der Waals surface area contributed by atoms with E-state index in [4.69, 9.17) is 23.7 Å². The zero-order chi connectivity index (χ0) is 36.2. The van der Waals surface area contributed by atoms with Crippen LogP contribution in [-0.2, 0) is 23.7 Å². The van der Waals surface area contributed by atoms with E-state index in [9.17, 15) is 30.6 Å². The minimum atomic E-state index is -1.60. The van der Waals surface area contributed by atoms with Crippen LogP contribution in [0.1, 0.15) is 92.4 Å². The van der Waals surface area contributed by atoms with Crippen molar-refractivity contribution >= 4 is 0 Å². The maximum Gasteiger partial charge on any atom is 0.187 e. The van der Waals surface area contributed by atoms with Crippen molar-refractivity contribution in [2.75, 3.05) is 13.2 Å². The van der Waals surface area contributed by atoms with Crippen LogP contribution in [0.5, 0.6) is 0 Å². The molecule has 8 rings (SSSR count). The second-order valence-electron chi connectivity index (χ2n) is 18.4. The van der Waals surface area contributed by atoms with Gasteiger partial charge in [0.05, 0.1) is 24.9 Å². The van der Waals surface area contributed by atoms with Gasteiger partial charge in [0, 0.05) is 12.5 Å². The third-order valence-corrected chi connectivity index (χ3v) is 15.8. The fraction of sp³-hybridized carbons (Fsp3) is 0.949. The molecule has 8 aliphatic rings. The zero-order valence-electron chi connectivity index (χ0n) is 31.0. The Kier molecular flexibility index (Phi) is 9.83. The lowest BCUT2D eigenvalue weighted by Crippen LogP contribution is -2.64. The van der Waals surface area contributed by atoms with E-state index < -0.39 is 68.0 Å². The molecule has 21 atom stereocenters. The smallest absolute Gasteiger partial charge is 0.187 e. The predicted octanol–water partition coefficient (Wildman–Crippen LogP) is 1.96. The van der Waals surface area contributed by atoms with E-state index in [1.165, 1.54) is 38.2 Å². The molecule has 4 aliphatic carbocycles. The summed E-state index contributed by atoms with van der Waals surface area (Å²) in [5.74, 6) is 3.74. The highest BCUT2D eigenvalue weighted by Gasteiger charge is 2.68. The first kappa shape index (κ1) is 37.2. The Morgan fingerprint density at radius 1 is 0.843 bits per heavy atom. The van der Waals surface area contributed by atoms with E-state index in [2.05, 4.69) is 39.1 Å². The molecule has 4 aliphatic heterocycles. The van der Waals surface area contributed by atoms with Gasteiger partial charge in [-0.2, -0.15) is 0 Å². The number of aliphatic hydroxyl groups is 6. The molecule has 0 amide bonds. The van der Waals surface area contributed by atoms with E-state index in [1.54, 1.807) is 0 Å². The lowest BCUT2D eigenvalue weighted by molar-refractivity contribution is -0.360. The van der Waals surface area contributed by atoms with E-state index in [-0.39, 0.29) is 17.2 Å². The summed E-state index contributed by atoms with van der Waals surface area (Å²) in [5.41, 5.74) is 1.66. The van der Waals surface area contributed by atoms with Crippen molar-refractivity contribution in [1.29, 1.82) is 0 Å². The van der Waals surface area contributed by atoms with Gasteiger partial charge < -0.3 is 54.3 Å². The minimum absolute atomic E-state index is 0.0881. The predicted molar refractivity (Wildman–Crippen MR) is 184 cm³/mol. The SMILES string of the molecule is C[C@H]1CC[C@]2(NC1)O[C@@H]1C[C@H]3[C@@H]4CC=C5C[C@@H](O[C@@H]6O[C@H](CO)[C@@H](O[C@@H]7O[C@@H](C)[C@H](O)[C@@H](O)[C@H]7O)[C@H](O)[C@H]6O)CC[C@]5(C)[C@H]4CC[C@]3(C)[C@@H]1[C@@H]2C. The van der Waals surface area contributed by atoms with Gasteiger partial charge in [-0.3, -0.25) is 5.32 Å². The van der Waals surface area contributed by atoms with Crippen LogP contribution < -0.4 is 5.32 Å². The molecule has 4 heterocycles. The van der Waals surface area contributed by atoms with E-state index in [0.717, 1.165) is 38.6 Å². The van der Waals surface area contributed by atoms with Crippen molar-refractivity contribution in [3.05, 3.63) is 11.6 Å². The first-order valence-electron chi connectivity index (χ1n) is 20.0. The van der Waals surface area contributed by atoms with Crippen molar-refractivity contribution in [3.63, 3.8) is 0 Å². The van der Waals surface area contributed by atoms with Crippen LogP contribution in [0.4, 0.5) is 0 Å². The monoisotopic (exact) mass is 721 g/mol. The third kappa shape index (κ3) is 5.84. The Morgan fingerprint density at radius 2 is 1.59 bits per heavy atom. The molecular weight excluding hydrogens is 658 g/mol. The first-order valence-corrected chi connectivity index (χ1v) is 20.0. The van der Waals surface area contributed by atoms with Crippen molar-refractivity contribution in [2.45, 2.75) is 172 Å². The number of piperidine rings is 1. The van der Waals surface area contributed by atoms with Crippen LogP contribution >= 0.6 is 0 Å². The molecule has 3 saturated carbocycles. The zero-order valence-corrected chi connectivity index (χ0v) is 31.0. The van der Waals surface area contributed by atoms with Crippen LogP contribution in [-0.4, -0.2) is 123 Å². The van der Waals surface area contributed by atoms with E-state index in [0.29, 0.717) is 47.0 Å². The van der Waals surface area contributed by atoms with Gasteiger partial charge >= 0.3 is 0 Å². The molecule has 51 heavy (non-hydrogen) atoms. The molecule has 290 valence electrons. The summed E-state index contributed by atoms with van der Waals surface area (Å²) in [6, 6.07) is 0. The quantitative estimate of drug-likeness (QED) is 0.206. The highest BCUT2D eigenvalue weighted by molar-refractivity contribution is 5.26. The summed E-state index contributed by atoms with van der Waals surface area (Å²) in [7, 11) is 0. The van der Waals surface area contributed by atoms with Crippen molar-refractivity contribution in [2.24, 2.45) is 46.3 Å². The van der Waals surface area contributed by atoms with Crippen LogP contribution in [0.15, 0.2) is 11.6 Å². The van der Waals surface area contributed by atoms with Gasteiger partial charge in [0.1, 0.15) is 48.5 Å². The second-order valence-corrected chi connectivity index (χ2v) is 18.4. The van der Waals surface area contributed by atoms with Crippen molar-refractivity contribution in [3.8, 4) is 0 Å². The number of aliphatic hydroxyl groups excluding tert-OH is 6. The highest BCUT2D eigenvalue weighted by atomic mass is 16.7. The summed E-state index contributed by atoms with van der Waals surface area (Å²) in [4.78, 5) is 0. The van der Waals surface area contributed by atoms with Crippen LogP contribution in [0.3, 0.4) is 0 Å². The molecule has 0 aromatic heterocycles. The standard InChI is InChI=1S/C39H63NO11/c1-18-8-13-39(40-16-18)19(2)28-26(51-39)15-25-23-7-6-21-14-22(9-11-37(21,4)24(23)10-12-38(25,28)5)48-36-33(46)31(44)34(27(17-41)49-36)50-35-32(45)30(43)29(42)20(3)47-35/h6,18-20,22-36,40-46H,7-17H2,1-5H3/t18-,19-,20-,22-,23+,24-,25-,26+,27+,28+,29-,30+,31+,32+,33+,34+,35-,36+,37-,38-,39-/m0/s1. The van der Waals surface area contributed by atoms with E-state index >= 15 is 0 Å². The number of hydrogen-bond acceptors (Lipinski definition) is 12. The van der Waals surface area contributed by atoms with Gasteiger partial charge in [-0.25, -0.2) is 0 Å². The van der Waals surface area contributed by atoms with Crippen LogP contribution in [0, 0.1) is 46.3 Å². The summed E-state index contributed by atoms with van der Waals surface area (Å²) >= 11 is 0. The molecule has 0 aromatic rings. The number of hydrogen-bond donors (Lipinski definition) is 7. The molecule has 4 saturated heterocycles. The average Bonchev–Trinajstić information content (AvgIpc) is 3.56. The highest BCUT2D eigenvalue weighted by Crippen LogP contribution is 2.70. The van der Waals surface area contributed by atoms with Gasteiger partial charge in [-0.05, 0) is 105 Å². The molecular formula is C39H63NO11. The number of fused-ring (bicyclic) bond motifs is 7. The van der Waals surface area contributed by atoms with Crippen LogP contribution in [0.25, 0.3) is 0 Å². The molecule has 0 unspecified atom stereocenters. The number of rotatable bonds is 5. The van der Waals surface area contributed by atoms with Gasteiger partial charge in [0.2, 0.25) is 0 Å². The summed E-state index contributed by atoms with van der Waals surface area (Å²) < 4.78 is 30.7. The van der Waals surface area contributed by atoms with Gasteiger partial charge in [0.25, 0.3) is 0 Å². The largest absolute Gasteiger partial charge is 0.394 e. The molecule has 0 radical (unpaired) electrons. The molecule has 0 aromatic carbocycles. The summed E-state index contributed by atoms with van der Waals surface area (Å²) in [6.07, 6.45) is -1.11. The number of allylic oxidation sites excluding steroid dienone is 1. The molecule has 1 spiro atoms. The summed E-state index contributed by atoms with van der Waals surface area (Å²) in [5, 5.41) is 67.0. The number of ether oxygens (including phenoxy) is 5. The Balaban J connectivity index is 0.915. The summed E-state index contributed by atoms with van der Waals surface area (Å²) in [6.45, 7) is 11.9. The van der Waals surface area contributed by atoms with Crippen molar-refractivity contribution in [1.82, 2.24) is 5.32 Å². The lowest BCUT2D eigenvalue weighted by atomic mass is 9.47. The maximum absolute atomic E-state index is 11.1. The lowest BCUT2D eigenvalue weighted by Gasteiger charge is -2.59. The van der Waals surface area contributed by atoms with Gasteiger partial charge in [-0.15, -0.1) is 0 Å². The first-order chi connectivity index (χ1) is 24.2. The minimum Gasteiger partial charge on any atom is -0.394 e. The Hall–Kier alpha value is -0.740. The van der Waals surface area contributed by atoms with Gasteiger partial charge in [-0.1, -0.05) is 39.3 Å². The third-order valence-electron chi connectivity index (χ3n) is 15.8. The Bertz CT molecular complexity index is 1310. The second kappa shape index (κ2) is 13.5. The molecule has 7 N–H and O–H groups in total. The fourth-order valence-electron chi connectivity index (χ4n) is 12.7. The molecule has 12 heteroatoms. The Morgan fingerprint density at radius 3 is 2.31 bits per heavy atom. The fourth-order valence-corrected chi connectivity index (χ4v) is 12.7. The van der Waals surface area contributed by atoms with Gasteiger partial charge in [0.15, 0.2) is 12.6 Å². The normalized spacial score (nSPS) is 58.4. The molecule has 0 bridgehead atoms. The average molecular weight is 722 g/mol. The van der Waals surface area contributed by atoms with E-state index in [1.807, 2.05) is 0 Å². The Labute approximate surface area is 302 Å². The topological polar surface area (TPSA) is 180 Å². The van der Waals surface area contributed by atoms with Crippen LogP contribution in [0.2, 0.25) is 0 Å². The number of nitrogens with one attached hydrogen (secondary N) is 1. The van der Waals surface area contributed by atoms with Crippen molar-refractivity contribution < 1.29 is 54.3 Å². The maximum atomic E-state index is 11.1.